The Bertz CT molecular complexity index is 802. The molecule has 110 valence electrons. The van der Waals surface area contributed by atoms with Crippen molar-refractivity contribution in [2.75, 3.05) is 5.43 Å². The van der Waals surface area contributed by atoms with E-state index in [1.165, 1.54) is 11.3 Å². The average Bonchev–Trinajstić information content (AvgIpc) is 2.97. The highest BCUT2D eigenvalue weighted by Crippen LogP contribution is 2.32. The number of nitrogens with zero attached hydrogens (tertiary/aromatic N) is 3. The summed E-state index contributed by atoms with van der Waals surface area (Å²) in [4.78, 5) is 8.47. The van der Waals surface area contributed by atoms with Gasteiger partial charge in [0.25, 0.3) is 0 Å². The molecule has 0 aliphatic rings. The fraction of sp³-hybridized carbons (Fsp3) is 0. The van der Waals surface area contributed by atoms with E-state index in [-0.39, 0.29) is 0 Å². The van der Waals surface area contributed by atoms with Gasteiger partial charge in [-0.3, -0.25) is 10.4 Å². The summed E-state index contributed by atoms with van der Waals surface area (Å²) in [7, 11) is 0. The molecule has 2 aromatic heterocycles. The number of hydrazone groups is 1. The SMILES string of the molecule is Clc1ccc(-c2csc(NN=Cc3cccnc3)n2)c(Cl)c1. The lowest BCUT2D eigenvalue weighted by Crippen LogP contribution is -1.90. The molecule has 0 aliphatic carbocycles. The van der Waals surface area contributed by atoms with Crippen LogP contribution in [0, 0.1) is 0 Å². The Morgan fingerprint density at radius 2 is 2.14 bits per heavy atom. The maximum absolute atomic E-state index is 6.18. The number of halogens is 2. The van der Waals surface area contributed by atoms with Gasteiger partial charge in [-0.25, -0.2) is 4.98 Å². The Labute approximate surface area is 141 Å². The second kappa shape index (κ2) is 6.87. The quantitative estimate of drug-likeness (QED) is 0.535. The van der Waals surface area contributed by atoms with Crippen molar-refractivity contribution in [3.8, 4) is 11.3 Å². The molecular formula is C15H10Cl2N4S. The summed E-state index contributed by atoms with van der Waals surface area (Å²) in [5.41, 5.74) is 5.43. The number of hydrogen-bond donors (Lipinski definition) is 1. The van der Waals surface area contributed by atoms with Gasteiger partial charge in [0.1, 0.15) is 0 Å². The molecule has 22 heavy (non-hydrogen) atoms. The summed E-state index contributed by atoms with van der Waals surface area (Å²) in [6, 6.07) is 9.11. The summed E-state index contributed by atoms with van der Waals surface area (Å²) in [6.07, 6.45) is 5.13. The van der Waals surface area contributed by atoms with Crippen LogP contribution in [0.3, 0.4) is 0 Å². The lowest BCUT2D eigenvalue weighted by atomic mass is 10.2. The molecule has 1 N–H and O–H groups in total. The molecule has 0 bridgehead atoms. The number of thiazole rings is 1. The molecular weight excluding hydrogens is 339 g/mol. The van der Waals surface area contributed by atoms with Crippen LogP contribution >= 0.6 is 34.5 Å². The molecule has 0 spiro atoms. The summed E-state index contributed by atoms with van der Waals surface area (Å²) in [6.45, 7) is 0. The van der Waals surface area contributed by atoms with Gasteiger partial charge in [0.05, 0.1) is 16.9 Å². The highest BCUT2D eigenvalue weighted by Gasteiger charge is 2.08. The fourth-order valence-electron chi connectivity index (χ4n) is 1.76. The smallest absolute Gasteiger partial charge is 0.203 e. The molecule has 7 heteroatoms. The summed E-state index contributed by atoms with van der Waals surface area (Å²) < 4.78 is 0. The Hall–Kier alpha value is -1.95. The first-order valence-corrected chi connectivity index (χ1v) is 7.96. The highest BCUT2D eigenvalue weighted by molar-refractivity contribution is 7.14. The number of nitrogens with one attached hydrogen (secondary N) is 1. The minimum atomic E-state index is 0.572. The van der Waals surface area contributed by atoms with E-state index in [1.807, 2.05) is 23.6 Å². The Balaban J connectivity index is 1.73. The predicted molar refractivity (Wildman–Crippen MR) is 93.0 cm³/mol. The minimum Gasteiger partial charge on any atom is -0.264 e. The van der Waals surface area contributed by atoms with Crippen molar-refractivity contribution >= 4 is 45.9 Å². The van der Waals surface area contributed by atoms with Crippen molar-refractivity contribution in [2.45, 2.75) is 0 Å². The van der Waals surface area contributed by atoms with Crippen molar-refractivity contribution < 1.29 is 0 Å². The van der Waals surface area contributed by atoms with Crippen LogP contribution in [0.15, 0.2) is 53.2 Å². The molecule has 0 unspecified atom stereocenters. The molecule has 0 fully saturated rings. The van der Waals surface area contributed by atoms with Gasteiger partial charge in [-0.2, -0.15) is 5.10 Å². The molecule has 2 heterocycles. The fourth-order valence-corrected chi connectivity index (χ4v) is 2.93. The first kappa shape index (κ1) is 15.0. The third kappa shape index (κ3) is 3.62. The Morgan fingerprint density at radius 3 is 2.91 bits per heavy atom. The molecule has 3 rings (SSSR count). The maximum Gasteiger partial charge on any atom is 0.203 e. The van der Waals surface area contributed by atoms with Gasteiger partial charge in [0.15, 0.2) is 0 Å². The highest BCUT2D eigenvalue weighted by atomic mass is 35.5. The minimum absolute atomic E-state index is 0.572. The van der Waals surface area contributed by atoms with E-state index in [0.717, 1.165) is 16.8 Å². The molecule has 1 aromatic carbocycles. The predicted octanol–water partition coefficient (Wildman–Crippen LogP) is 4.96. The molecule has 0 radical (unpaired) electrons. The Morgan fingerprint density at radius 1 is 1.23 bits per heavy atom. The number of aromatic nitrogens is 2. The number of hydrogen-bond acceptors (Lipinski definition) is 5. The van der Waals surface area contributed by atoms with E-state index < -0.39 is 0 Å². The second-order valence-electron chi connectivity index (χ2n) is 4.32. The van der Waals surface area contributed by atoms with Gasteiger partial charge >= 0.3 is 0 Å². The van der Waals surface area contributed by atoms with Crippen LogP contribution in [0.25, 0.3) is 11.3 Å². The topological polar surface area (TPSA) is 50.2 Å². The monoisotopic (exact) mass is 348 g/mol. The zero-order valence-electron chi connectivity index (χ0n) is 11.2. The van der Waals surface area contributed by atoms with Gasteiger partial charge in [0.2, 0.25) is 5.13 Å². The zero-order valence-corrected chi connectivity index (χ0v) is 13.5. The van der Waals surface area contributed by atoms with E-state index >= 15 is 0 Å². The first-order chi connectivity index (χ1) is 10.7. The first-order valence-electron chi connectivity index (χ1n) is 6.32. The summed E-state index contributed by atoms with van der Waals surface area (Å²) in [5, 5.41) is 7.90. The molecule has 0 amide bonds. The standard InChI is InChI=1S/C15H10Cl2N4S/c16-11-3-4-12(13(17)6-11)14-9-22-15(20-14)21-19-8-10-2-1-5-18-7-10/h1-9H,(H,20,21). The van der Waals surface area contributed by atoms with E-state index in [0.29, 0.717) is 15.2 Å². The van der Waals surface area contributed by atoms with E-state index in [2.05, 4.69) is 20.5 Å². The Kier molecular flexibility index (Phi) is 4.68. The van der Waals surface area contributed by atoms with Crippen LogP contribution in [0.5, 0.6) is 0 Å². The van der Waals surface area contributed by atoms with Gasteiger partial charge in [-0.15, -0.1) is 11.3 Å². The number of anilines is 1. The van der Waals surface area contributed by atoms with E-state index in [1.54, 1.807) is 30.7 Å². The van der Waals surface area contributed by atoms with Crippen LogP contribution in [-0.2, 0) is 0 Å². The summed E-state index contributed by atoms with van der Waals surface area (Å²) >= 11 is 13.5. The number of benzene rings is 1. The molecule has 0 aliphatic heterocycles. The number of rotatable bonds is 4. The number of pyridine rings is 1. The van der Waals surface area contributed by atoms with Crippen molar-refractivity contribution in [1.29, 1.82) is 0 Å². The van der Waals surface area contributed by atoms with Gasteiger partial charge in [-0.1, -0.05) is 29.3 Å². The third-order valence-electron chi connectivity index (χ3n) is 2.77. The van der Waals surface area contributed by atoms with Gasteiger partial charge < -0.3 is 0 Å². The zero-order chi connectivity index (χ0) is 15.4. The molecule has 0 saturated carbocycles. The van der Waals surface area contributed by atoms with Gasteiger partial charge in [0, 0.05) is 33.9 Å². The maximum atomic E-state index is 6.18. The normalized spacial score (nSPS) is 11.0. The molecule has 3 aromatic rings. The molecule has 0 saturated heterocycles. The lowest BCUT2D eigenvalue weighted by molar-refractivity contribution is 1.28. The largest absolute Gasteiger partial charge is 0.264 e. The van der Waals surface area contributed by atoms with Crippen LogP contribution < -0.4 is 5.43 Å². The lowest BCUT2D eigenvalue weighted by Gasteiger charge is -2.00. The van der Waals surface area contributed by atoms with Crippen LogP contribution in [0.1, 0.15) is 5.56 Å². The molecule has 4 nitrogen and oxygen atoms in total. The van der Waals surface area contributed by atoms with Crippen LogP contribution in [0.2, 0.25) is 10.0 Å². The second-order valence-corrected chi connectivity index (χ2v) is 6.02. The van der Waals surface area contributed by atoms with E-state index in [9.17, 15) is 0 Å². The average molecular weight is 349 g/mol. The van der Waals surface area contributed by atoms with Crippen molar-refractivity contribution in [3.05, 3.63) is 63.7 Å². The summed E-state index contributed by atoms with van der Waals surface area (Å²) in [5.74, 6) is 0. The van der Waals surface area contributed by atoms with Crippen molar-refractivity contribution in [1.82, 2.24) is 9.97 Å². The van der Waals surface area contributed by atoms with Crippen molar-refractivity contribution in [3.63, 3.8) is 0 Å². The third-order valence-corrected chi connectivity index (χ3v) is 4.06. The van der Waals surface area contributed by atoms with Crippen LogP contribution in [0.4, 0.5) is 5.13 Å². The van der Waals surface area contributed by atoms with E-state index in [4.69, 9.17) is 23.2 Å². The van der Waals surface area contributed by atoms with Gasteiger partial charge in [-0.05, 0) is 24.3 Å². The van der Waals surface area contributed by atoms with Crippen LogP contribution in [-0.4, -0.2) is 16.2 Å². The molecule has 0 atom stereocenters. The van der Waals surface area contributed by atoms with Crippen molar-refractivity contribution in [2.24, 2.45) is 5.10 Å².